The molecule has 6 heteroatoms. The van der Waals surface area contributed by atoms with Gasteiger partial charge in [0.2, 0.25) is 0 Å². The Morgan fingerprint density at radius 2 is 2.04 bits per heavy atom. The fraction of sp³-hybridized carbons (Fsp3) is 0.526. The van der Waals surface area contributed by atoms with Crippen LogP contribution in [0.2, 0.25) is 0 Å². The Morgan fingerprint density at radius 3 is 2.72 bits per heavy atom. The molecule has 1 aromatic carbocycles. The second kappa shape index (κ2) is 6.86. The van der Waals surface area contributed by atoms with E-state index in [1.54, 1.807) is 6.07 Å². The van der Waals surface area contributed by atoms with Gasteiger partial charge in [0.25, 0.3) is 5.91 Å². The van der Waals surface area contributed by atoms with Crippen LogP contribution in [0.15, 0.2) is 18.5 Å². The number of nitrogens with one attached hydrogen (secondary N) is 1. The van der Waals surface area contributed by atoms with Crippen molar-refractivity contribution in [2.45, 2.75) is 65.0 Å². The Hall–Kier alpha value is -2.37. The number of phenols is 1. The molecule has 1 amide bonds. The fourth-order valence-corrected chi connectivity index (χ4v) is 3.29. The summed E-state index contributed by atoms with van der Waals surface area (Å²) in [7, 11) is 0. The van der Waals surface area contributed by atoms with Crippen molar-refractivity contribution in [2.24, 2.45) is 0 Å². The number of nitrogens with zero attached hydrogens (tertiary/aromatic N) is 3. The van der Waals surface area contributed by atoms with Gasteiger partial charge in [0.15, 0.2) is 0 Å². The van der Waals surface area contributed by atoms with Gasteiger partial charge in [0.05, 0.1) is 11.6 Å². The van der Waals surface area contributed by atoms with E-state index in [-0.39, 0.29) is 29.5 Å². The smallest absolute Gasteiger partial charge is 0.255 e. The second-order valence-corrected chi connectivity index (χ2v) is 7.33. The Labute approximate surface area is 148 Å². The van der Waals surface area contributed by atoms with Crippen molar-refractivity contribution in [3.05, 3.63) is 41.0 Å². The van der Waals surface area contributed by atoms with Crippen molar-refractivity contribution in [1.29, 1.82) is 0 Å². The Bertz CT molecular complexity index is 780. The summed E-state index contributed by atoms with van der Waals surface area (Å²) in [6, 6.07) is 3.63. The summed E-state index contributed by atoms with van der Waals surface area (Å²) in [5.74, 6) is 1.02. The summed E-state index contributed by atoms with van der Waals surface area (Å²) >= 11 is 0. The van der Waals surface area contributed by atoms with Gasteiger partial charge in [-0.15, -0.1) is 0 Å². The van der Waals surface area contributed by atoms with E-state index in [2.05, 4.69) is 29.2 Å². The number of aromatic nitrogens is 3. The predicted octanol–water partition coefficient (Wildman–Crippen LogP) is 3.50. The molecule has 0 spiro atoms. The zero-order chi connectivity index (χ0) is 18.1. The van der Waals surface area contributed by atoms with Crippen LogP contribution in [0.3, 0.4) is 0 Å². The van der Waals surface area contributed by atoms with Crippen LogP contribution in [-0.4, -0.2) is 25.8 Å². The molecule has 0 bridgehead atoms. The van der Waals surface area contributed by atoms with Crippen LogP contribution in [0.4, 0.5) is 0 Å². The fourth-order valence-electron chi connectivity index (χ4n) is 3.29. The number of hydrogen-bond acceptors (Lipinski definition) is 4. The minimum atomic E-state index is -0.261. The van der Waals surface area contributed by atoms with E-state index in [1.165, 1.54) is 6.33 Å². The van der Waals surface area contributed by atoms with Crippen molar-refractivity contribution < 1.29 is 9.90 Å². The molecule has 1 aliphatic heterocycles. The third-order valence-corrected chi connectivity index (χ3v) is 4.82. The van der Waals surface area contributed by atoms with Gasteiger partial charge in [-0.1, -0.05) is 33.8 Å². The van der Waals surface area contributed by atoms with Crippen molar-refractivity contribution in [2.75, 3.05) is 0 Å². The van der Waals surface area contributed by atoms with Gasteiger partial charge in [-0.05, 0) is 41.9 Å². The average molecular weight is 342 g/mol. The maximum Gasteiger partial charge on any atom is 0.255 e. The molecule has 134 valence electrons. The van der Waals surface area contributed by atoms with Crippen LogP contribution < -0.4 is 5.32 Å². The van der Waals surface area contributed by atoms with Gasteiger partial charge in [-0.3, -0.25) is 4.79 Å². The maximum absolute atomic E-state index is 12.9. The Balaban J connectivity index is 1.92. The first-order chi connectivity index (χ1) is 11.9. The highest BCUT2D eigenvalue weighted by Gasteiger charge is 2.26. The largest absolute Gasteiger partial charge is 0.507 e. The number of phenolic OH excluding ortho intramolecular Hbond substituents is 1. The number of fused-ring (bicyclic) bond motifs is 1. The van der Waals surface area contributed by atoms with E-state index in [0.29, 0.717) is 5.56 Å². The summed E-state index contributed by atoms with van der Waals surface area (Å²) in [5, 5.41) is 17.8. The molecule has 1 atom stereocenters. The third kappa shape index (κ3) is 3.38. The van der Waals surface area contributed by atoms with Crippen LogP contribution in [-0.2, 0) is 6.54 Å². The van der Waals surface area contributed by atoms with E-state index >= 15 is 0 Å². The van der Waals surface area contributed by atoms with Gasteiger partial charge in [-0.2, -0.15) is 5.10 Å². The molecule has 0 saturated carbocycles. The van der Waals surface area contributed by atoms with Gasteiger partial charge in [0.1, 0.15) is 17.9 Å². The van der Waals surface area contributed by atoms with Crippen LogP contribution >= 0.6 is 0 Å². The van der Waals surface area contributed by atoms with E-state index in [1.807, 2.05) is 24.6 Å². The van der Waals surface area contributed by atoms with Crippen LogP contribution in [0.25, 0.3) is 0 Å². The van der Waals surface area contributed by atoms with Gasteiger partial charge >= 0.3 is 0 Å². The van der Waals surface area contributed by atoms with Crippen molar-refractivity contribution in [3.63, 3.8) is 0 Å². The molecule has 2 heterocycles. The van der Waals surface area contributed by atoms with E-state index in [0.717, 1.165) is 36.3 Å². The summed E-state index contributed by atoms with van der Waals surface area (Å²) in [6.07, 6.45) is 3.29. The molecule has 1 unspecified atom stereocenters. The molecular weight excluding hydrogens is 316 g/mol. The molecule has 1 aliphatic rings. The summed E-state index contributed by atoms with van der Waals surface area (Å²) in [4.78, 5) is 17.2. The number of benzene rings is 1. The second-order valence-electron chi connectivity index (χ2n) is 7.33. The van der Waals surface area contributed by atoms with Crippen LogP contribution in [0.1, 0.15) is 85.7 Å². The average Bonchev–Trinajstić information content (AvgIpc) is 3.04. The van der Waals surface area contributed by atoms with Crippen molar-refractivity contribution in [1.82, 2.24) is 20.1 Å². The van der Waals surface area contributed by atoms with Crippen LogP contribution in [0.5, 0.6) is 5.75 Å². The first kappa shape index (κ1) is 17.5. The molecule has 25 heavy (non-hydrogen) atoms. The zero-order valence-corrected chi connectivity index (χ0v) is 15.3. The molecule has 0 saturated heterocycles. The Morgan fingerprint density at radius 1 is 1.28 bits per heavy atom. The molecule has 2 aromatic rings. The number of carbonyl (C=O) groups is 1. The molecule has 0 fully saturated rings. The molecule has 0 aliphatic carbocycles. The highest BCUT2D eigenvalue weighted by molar-refractivity contribution is 5.97. The maximum atomic E-state index is 12.9. The minimum absolute atomic E-state index is 0.0779. The van der Waals surface area contributed by atoms with E-state index in [9.17, 15) is 9.90 Å². The molecule has 2 N–H and O–H groups in total. The lowest BCUT2D eigenvalue weighted by atomic mass is 9.91. The van der Waals surface area contributed by atoms with E-state index in [4.69, 9.17) is 0 Å². The molecule has 3 rings (SSSR count). The lowest BCUT2D eigenvalue weighted by molar-refractivity contribution is 0.0924. The number of aromatic hydroxyl groups is 1. The predicted molar refractivity (Wildman–Crippen MR) is 95.7 cm³/mol. The quantitative estimate of drug-likeness (QED) is 0.891. The number of carbonyl (C=O) groups excluding carboxylic acids is 1. The number of rotatable bonds is 4. The molecule has 0 radical (unpaired) electrons. The van der Waals surface area contributed by atoms with Gasteiger partial charge in [-0.25, -0.2) is 9.67 Å². The van der Waals surface area contributed by atoms with Crippen molar-refractivity contribution in [3.8, 4) is 5.75 Å². The third-order valence-electron chi connectivity index (χ3n) is 4.82. The lowest BCUT2D eigenvalue weighted by Gasteiger charge is -2.24. The molecular formula is C19H26N4O2. The Kier molecular flexibility index (Phi) is 4.79. The lowest BCUT2D eigenvalue weighted by Crippen LogP contribution is -2.33. The molecule has 1 aromatic heterocycles. The highest BCUT2D eigenvalue weighted by atomic mass is 16.3. The van der Waals surface area contributed by atoms with Crippen LogP contribution in [0, 0.1) is 0 Å². The first-order valence-corrected chi connectivity index (χ1v) is 8.93. The van der Waals surface area contributed by atoms with Gasteiger partial charge < -0.3 is 10.4 Å². The van der Waals surface area contributed by atoms with Gasteiger partial charge in [0, 0.05) is 6.54 Å². The SMILES string of the molecule is CC(C)c1cc(C(=O)NC2CCCn3ncnc32)c(O)c(C(C)C)c1. The number of hydrogen-bond donors (Lipinski definition) is 2. The normalized spacial score (nSPS) is 17.0. The minimum Gasteiger partial charge on any atom is -0.507 e. The molecule has 6 nitrogen and oxygen atoms in total. The van der Waals surface area contributed by atoms with E-state index < -0.39 is 0 Å². The topological polar surface area (TPSA) is 80.0 Å². The monoisotopic (exact) mass is 342 g/mol. The number of amides is 1. The number of aryl methyl sites for hydroxylation is 1. The summed E-state index contributed by atoms with van der Waals surface area (Å²) < 4.78 is 1.83. The van der Waals surface area contributed by atoms with Crippen molar-refractivity contribution >= 4 is 5.91 Å². The first-order valence-electron chi connectivity index (χ1n) is 8.93. The zero-order valence-electron chi connectivity index (χ0n) is 15.3. The standard InChI is InChI=1S/C19H26N4O2/c1-11(2)13-8-14(12(3)4)17(24)15(9-13)19(25)22-16-6-5-7-23-18(16)20-10-21-23/h8-12,16,24H,5-7H2,1-4H3,(H,22,25). The summed E-state index contributed by atoms with van der Waals surface area (Å²) in [6.45, 7) is 9.03. The summed E-state index contributed by atoms with van der Waals surface area (Å²) in [5.41, 5.74) is 2.20. The highest BCUT2D eigenvalue weighted by Crippen LogP contribution is 2.33.